The first-order valence-corrected chi connectivity index (χ1v) is 10.0. The van der Waals surface area contributed by atoms with Crippen LogP contribution in [0, 0.1) is 17.6 Å². The van der Waals surface area contributed by atoms with Gasteiger partial charge in [-0.15, -0.1) is 10.2 Å². The molecule has 8 nitrogen and oxygen atoms in total. The minimum absolute atomic E-state index is 0.0232. The van der Waals surface area contributed by atoms with Crippen molar-refractivity contribution in [3.8, 4) is 5.88 Å². The van der Waals surface area contributed by atoms with Crippen molar-refractivity contribution in [3.05, 3.63) is 71.1 Å². The molecule has 0 aliphatic heterocycles. The number of aliphatic carboxylic acids is 1. The molecule has 0 spiro atoms. The second kappa shape index (κ2) is 9.21. The van der Waals surface area contributed by atoms with E-state index in [2.05, 4.69) is 15.2 Å². The number of ketones is 1. The molecule has 1 aliphatic carbocycles. The van der Waals surface area contributed by atoms with Gasteiger partial charge in [-0.2, -0.15) is 0 Å². The van der Waals surface area contributed by atoms with E-state index in [9.17, 15) is 18.4 Å². The molecule has 0 amide bonds. The van der Waals surface area contributed by atoms with E-state index >= 15 is 0 Å². The Morgan fingerprint density at radius 1 is 1.09 bits per heavy atom. The van der Waals surface area contributed by atoms with Gasteiger partial charge in [-0.3, -0.25) is 9.59 Å². The Morgan fingerprint density at radius 2 is 1.91 bits per heavy atom. The molecule has 4 rings (SSSR count). The third-order valence-electron chi connectivity index (χ3n) is 5.23. The van der Waals surface area contributed by atoms with Crippen molar-refractivity contribution in [2.75, 3.05) is 0 Å². The normalized spacial score (nSPS) is 17.9. The summed E-state index contributed by atoms with van der Waals surface area (Å²) in [4.78, 5) is 27.6. The lowest BCUT2D eigenvalue weighted by Crippen LogP contribution is -2.16. The van der Waals surface area contributed by atoms with Gasteiger partial charge >= 0.3 is 5.97 Å². The molecule has 3 aromatic rings. The number of hydrogen-bond acceptors (Lipinski definition) is 7. The molecule has 1 fully saturated rings. The molecule has 0 bridgehead atoms. The first kappa shape index (κ1) is 21.5. The van der Waals surface area contributed by atoms with Gasteiger partial charge in [-0.1, -0.05) is 12.1 Å². The molecule has 32 heavy (non-hydrogen) atoms. The van der Waals surface area contributed by atoms with Crippen LogP contribution >= 0.6 is 0 Å². The predicted octanol–water partition coefficient (Wildman–Crippen LogP) is 3.39. The molecule has 2 heterocycles. The lowest BCUT2D eigenvalue weighted by molar-refractivity contribution is -0.141. The number of carboxylic acids is 1. The molecule has 1 aromatic carbocycles. The summed E-state index contributed by atoms with van der Waals surface area (Å²) in [6.45, 7) is 0. The number of aromatic nitrogens is 3. The summed E-state index contributed by atoms with van der Waals surface area (Å²) >= 11 is 0. The van der Waals surface area contributed by atoms with Crippen molar-refractivity contribution < 1.29 is 32.6 Å². The molecule has 1 N–H and O–H groups in total. The molecule has 1 saturated carbocycles. The topological polar surface area (TPSA) is 115 Å². The van der Waals surface area contributed by atoms with Crippen LogP contribution in [0.15, 0.2) is 40.9 Å². The van der Waals surface area contributed by atoms with Gasteiger partial charge in [0.15, 0.2) is 11.6 Å². The standard InChI is InChI=1S/C22H19F2N3O5/c23-16-5-1-12(7-17(16)24)9-20-26-27-21(32-20)18(28)8-13-2-6-19(25-11-13)31-15-4-3-14(10-15)22(29)30/h1-2,5-7,11,14-15H,3-4,8-10H2,(H,29,30)/t14-,15-/m1/s1. The Morgan fingerprint density at radius 3 is 2.59 bits per heavy atom. The highest BCUT2D eigenvalue weighted by molar-refractivity contribution is 5.93. The third kappa shape index (κ3) is 5.13. The minimum atomic E-state index is -0.979. The van der Waals surface area contributed by atoms with E-state index in [-0.39, 0.29) is 30.7 Å². The number of Topliss-reactive ketones (excluding diaryl/α,β-unsaturated/α-hetero) is 1. The maximum atomic E-state index is 13.3. The van der Waals surface area contributed by atoms with Crippen LogP contribution in [0.1, 0.15) is 47.0 Å². The minimum Gasteiger partial charge on any atom is -0.481 e. The highest BCUT2D eigenvalue weighted by Gasteiger charge is 2.31. The highest BCUT2D eigenvalue weighted by Crippen LogP contribution is 2.28. The molecule has 0 radical (unpaired) electrons. The fraction of sp³-hybridized carbons (Fsp3) is 0.318. The molecule has 166 valence electrons. The number of pyridine rings is 1. The van der Waals surface area contributed by atoms with Gasteiger partial charge in [-0.05, 0) is 42.5 Å². The largest absolute Gasteiger partial charge is 0.481 e. The van der Waals surface area contributed by atoms with Crippen LogP contribution in [0.5, 0.6) is 5.88 Å². The zero-order valence-corrected chi connectivity index (χ0v) is 16.8. The number of carboxylic acid groups (broad SMARTS) is 1. The van der Waals surface area contributed by atoms with Gasteiger partial charge < -0.3 is 14.3 Å². The Balaban J connectivity index is 1.32. The smallest absolute Gasteiger partial charge is 0.306 e. The van der Waals surface area contributed by atoms with Crippen molar-refractivity contribution in [3.63, 3.8) is 0 Å². The van der Waals surface area contributed by atoms with Crippen LogP contribution in [-0.2, 0) is 17.6 Å². The van der Waals surface area contributed by atoms with E-state index in [1.54, 1.807) is 12.1 Å². The van der Waals surface area contributed by atoms with Gasteiger partial charge in [0.2, 0.25) is 17.6 Å². The Bertz CT molecular complexity index is 1130. The first-order valence-electron chi connectivity index (χ1n) is 10.0. The number of carbonyl (C=O) groups is 2. The van der Waals surface area contributed by atoms with Gasteiger partial charge in [0.1, 0.15) is 6.10 Å². The monoisotopic (exact) mass is 443 g/mol. The fourth-order valence-electron chi connectivity index (χ4n) is 3.55. The van der Waals surface area contributed by atoms with Crippen LogP contribution in [0.25, 0.3) is 0 Å². The first-order chi connectivity index (χ1) is 15.4. The summed E-state index contributed by atoms with van der Waals surface area (Å²) in [7, 11) is 0. The fourth-order valence-corrected chi connectivity index (χ4v) is 3.55. The van der Waals surface area contributed by atoms with E-state index in [0.717, 1.165) is 12.1 Å². The lowest BCUT2D eigenvalue weighted by atomic mass is 10.1. The maximum absolute atomic E-state index is 13.3. The van der Waals surface area contributed by atoms with E-state index in [4.69, 9.17) is 14.3 Å². The zero-order chi connectivity index (χ0) is 22.7. The van der Waals surface area contributed by atoms with Crippen molar-refractivity contribution in [1.29, 1.82) is 0 Å². The van der Waals surface area contributed by atoms with E-state index < -0.39 is 29.3 Å². The van der Waals surface area contributed by atoms with Crippen molar-refractivity contribution in [2.45, 2.75) is 38.2 Å². The third-order valence-corrected chi connectivity index (χ3v) is 5.23. The van der Waals surface area contributed by atoms with Gasteiger partial charge in [-0.25, -0.2) is 13.8 Å². The van der Waals surface area contributed by atoms with Gasteiger partial charge in [0.05, 0.1) is 12.3 Å². The quantitative estimate of drug-likeness (QED) is 0.527. The Labute approximate surface area is 181 Å². The number of carbonyl (C=O) groups excluding carboxylic acids is 1. The molecule has 10 heteroatoms. The molecular formula is C22H19F2N3O5. The number of halogens is 2. The number of nitrogens with zero attached hydrogens (tertiary/aromatic N) is 3. The van der Waals surface area contributed by atoms with Gasteiger partial charge in [0.25, 0.3) is 5.89 Å². The molecule has 0 saturated heterocycles. The average Bonchev–Trinajstić information content (AvgIpc) is 3.42. The second-order valence-corrected chi connectivity index (χ2v) is 7.62. The summed E-state index contributed by atoms with van der Waals surface area (Å²) in [6, 6.07) is 6.74. The number of rotatable bonds is 8. The van der Waals surface area contributed by atoms with E-state index in [0.29, 0.717) is 36.3 Å². The van der Waals surface area contributed by atoms with Crippen LogP contribution in [-0.4, -0.2) is 38.1 Å². The summed E-state index contributed by atoms with van der Waals surface area (Å²) in [5.74, 6) is -3.26. The Kier molecular flexibility index (Phi) is 6.20. The van der Waals surface area contributed by atoms with Crippen LogP contribution in [0.3, 0.4) is 0 Å². The molecule has 2 atom stereocenters. The molecule has 1 aliphatic rings. The summed E-state index contributed by atoms with van der Waals surface area (Å²) < 4.78 is 37.4. The van der Waals surface area contributed by atoms with Crippen molar-refractivity contribution in [1.82, 2.24) is 15.2 Å². The van der Waals surface area contributed by atoms with Crippen LogP contribution in [0.2, 0.25) is 0 Å². The summed E-state index contributed by atoms with van der Waals surface area (Å²) in [6.07, 6.45) is 3.02. The predicted molar refractivity (Wildman–Crippen MR) is 105 cm³/mol. The SMILES string of the molecule is O=C(Cc1ccc(O[C@@H]2CC[C@@H](C(=O)O)C2)nc1)c1nnc(Cc2ccc(F)c(F)c2)o1. The maximum Gasteiger partial charge on any atom is 0.306 e. The van der Waals surface area contributed by atoms with Crippen molar-refractivity contribution in [2.24, 2.45) is 5.92 Å². The van der Waals surface area contributed by atoms with E-state index in [1.807, 2.05) is 0 Å². The Hall–Kier alpha value is -3.69. The molecule has 2 aromatic heterocycles. The summed E-state index contributed by atoms with van der Waals surface area (Å²) in [5.41, 5.74) is 1.04. The van der Waals surface area contributed by atoms with Crippen molar-refractivity contribution >= 4 is 11.8 Å². The average molecular weight is 443 g/mol. The van der Waals surface area contributed by atoms with Crippen LogP contribution in [0.4, 0.5) is 8.78 Å². The number of benzene rings is 1. The van der Waals surface area contributed by atoms with Crippen LogP contribution < -0.4 is 4.74 Å². The molecular weight excluding hydrogens is 424 g/mol. The zero-order valence-electron chi connectivity index (χ0n) is 16.8. The van der Waals surface area contributed by atoms with Gasteiger partial charge in [0, 0.05) is 18.7 Å². The summed E-state index contributed by atoms with van der Waals surface area (Å²) in [5, 5.41) is 16.6. The number of ether oxygens (including phenoxy) is 1. The molecule has 0 unspecified atom stereocenters. The highest BCUT2D eigenvalue weighted by atomic mass is 19.2. The second-order valence-electron chi connectivity index (χ2n) is 7.62. The van der Waals surface area contributed by atoms with E-state index in [1.165, 1.54) is 12.3 Å². The number of hydrogen-bond donors (Lipinski definition) is 1. The lowest BCUT2D eigenvalue weighted by Gasteiger charge is -2.12.